The van der Waals surface area contributed by atoms with Crippen LogP contribution in [-0.4, -0.2) is 26.2 Å². The lowest BCUT2D eigenvalue weighted by atomic mass is 10.2. The highest BCUT2D eigenvalue weighted by Gasteiger charge is 2.15. The topological polar surface area (TPSA) is 85.1 Å². The van der Waals surface area contributed by atoms with E-state index in [0.717, 1.165) is 11.3 Å². The summed E-state index contributed by atoms with van der Waals surface area (Å²) in [7, 11) is -3.31. The molecule has 1 atom stereocenters. The molecule has 0 amide bonds. The number of hydrogen-bond acceptors (Lipinski definition) is 6. The summed E-state index contributed by atoms with van der Waals surface area (Å²) in [5.74, 6) is 0.233. The quantitative estimate of drug-likeness (QED) is 0.828. The van der Waals surface area contributed by atoms with Gasteiger partial charge in [0.2, 0.25) is 0 Å². The third-order valence-corrected chi connectivity index (χ3v) is 5.10. The number of aromatic nitrogens is 1. The first-order valence-corrected chi connectivity index (χ1v) is 8.88. The molecule has 1 aromatic heterocycles. The minimum atomic E-state index is -3.31. The summed E-state index contributed by atoms with van der Waals surface area (Å²) in [5, 5.41) is 6.16. The fourth-order valence-electron chi connectivity index (χ4n) is 1.85. The summed E-state index contributed by atoms with van der Waals surface area (Å²) in [6.45, 7) is 2.70. The van der Waals surface area contributed by atoms with Crippen molar-refractivity contribution in [2.24, 2.45) is 0 Å². The van der Waals surface area contributed by atoms with Gasteiger partial charge in [-0.25, -0.2) is 13.4 Å². The molecule has 108 valence electrons. The maximum Gasteiger partial charge on any atom is 0.177 e. The highest BCUT2D eigenvalue weighted by molar-refractivity contribution is 7.90. The van der Waals surface area contributed by atoms with E-state index in [4.69, 9.17) is 5.73 Å². The van der Waals surface area contributed by atoms with Crippen LogP contribution in [0.4, 0.5) is 11.4 Å². The SMILES string of the molecule is CC(CNc1cccc(S(C)(=O)=O)c1N)c1nccs1. The second kappa shape index (κ2) is 5.80. The average molecular weight is 311 g/mol. The number of nitrogens with two attached hydrogens (primary N) is 1. The van der Waals surface area contributed by atoms with Gasteiger partial charge in [0.1, 0.15) is 0 Å². The monoisotopic (exact) mass is 311 g/mol. The first-order chi connectivity index (χ1) is 9.39. The van der Waals surface area contributed by atoms with Crippen molar-refractivity contribution in [2.75, 3.05) is 23.9 Å². The van der Waals surface area contributed by atoms with E-state index in [1.165, 1.54) is 6.07 Å². The summed E-state index contributed by atoms with van der Waals surface area (Å²) >= 11 is 1.60. The number of anilines is 2. The van der Waals surface area contributed by atoms with Gasteiger partial charge >= 0.3 is 0 Å². The summed E-state index contributed by atoms with van der Waals surface area (Å²) in [4.78, 5) is 4.42. The van der Waals surface area contributed by atoms with Crippen molar-refractivity contribution < 1.29 is 8.42 Å². The maximum absolute atomic E-state index is 11.6. The third kappa shape index (κ3) is 3.29. The van der Waals surface area contributed by atoms with E-state index in [2.05, 4.69) is 17.2 Å². The molecular formula is C13H17N3O2S2. The van der Waals surface area contributed by atoms with Gasteiger partial charge in [0, 0.05) is 30.3 Å². The Kier molecular flexibility index (Phi) is 4.29. The minimum absolute atomic E-state index is 0.157. The largest absolute Gasteiger partial charge is 0.396 e. The van der Waals surface area contributed by atoms with E-state index < -0.39 is 9.84 Å². The predicted octanol–water partition coefficient (Wildman–Crippen LogP) is 2.34. The standard InChI is InChI=1S/C13H17N3O2S2/c1-9(13-15-6-7-19-13)8-16-10-4-3-5-11(12(10)14)20(2,17)18/h3-7,9,16H,8,14H2,1-2H3. The molecule has 0 aliphatic heterocycles. The molecule has 20 heavy (non-hydrogen) atoms. The van der Waals surface area contributed by atoms with E-state index in [1.54, 1.807) is 29.7 Å². The van der Waals surface area contributed by atoms with Crippen LogP contribution < -0.4 is 11.1 Å². The number of hydrogen-bond donors (Lipinski definition) is 2. The Balaban J connectivity index is 2.15. The smallest absolute Gasteiger partial charge is 0.177 e. The molecule has 0 aliphatic carbocycles. The van der Waals surface area contributed by atoms with Crippen LogP contribution in [0.25, 0.3) is 0 Å². The number of nitrogens with one attached hydrogen (secondary N) is 1. The number of nitrogen functional groups attached to an aromatic ring is 1. The van der Waals surface area contributed by atoms with E-state index in [9.17, 15) is 8.42 Å². The molecule has 2 rings (SSSR count). The van der Waals surface area contributed by atoms with Gasteiger partial charge in [-0.2, -0.15) is 0 Å². The van der Waals surface area contributed by atoms with Crippen LogP contribution in [-0.2, 0) is 9.84 Å². The van der Waals surface area contributed by atoms with Crippen LogP contribution in [0.15, 0.2) is 34.7 Å². The Morgan fingerprint density at radius 2 is 2.20 bits per heavy atom. The van der Waals surface area contributed by atoms with Crippen molar-refractivity contribution in [1.82, 2.24) is 4.98 Å². The van der Waals surface area contributed by atoms with Crippen molar-refractivity contribution in [3.63, 3.8) is 0 Å². The molecule has 0 bridgehead atoms. The summed E-state index contributed by atoms with van der Waals surface area (Å²) < 4.78 is 23.2. The van der Waals surface area contributed by atoms with Gasteiger partial charge in [-0.15, -0.1) is 11.3 Å². The van der Waals surface area contributed by atoms with Crippen LogP contribution in [0.2, 0.25) is 0 Å². The molecule has 1 heterocycles. The average Bonchev–Trinajstić information content (AvgIpc) is 2.89. The van der Waals surface area contributed by atoms with E-state index in [0.29, 0.717) is 12.2 Å². The van der Waals surface area contributed by atoms with Crippen molar-refractivity contribution in [2.45, 2.75) is 17.7 Å². The van der Waals surface area contributed by atoms with Gasteiger partial charge in [-0.05, 0) is 12.1 Å². The van der Waals surface area contributed by atoms with Crippen LogP contribution in [0.5, 0.6) is 0 Å². The minimum Gasteiger partial charge on any atom is -0.396 e. The summed E-state index contributed by atoms with van der Waals surface area (Å²) in [6.07, 6.45) is 2.93. The van der Waals surface area contributed by atoms with Gasteiger partial charge in [-0.1, -0.05) is 13.0 Å². The lowest BCUT2D eigenvalue weighted by Crippen LogP contribution is -2.12. The molecule has 0 saturated carbocycles. The molecule has 0 fully saturated rings. The van der Waals surface area contributed by atoms with Crippen molar-refractivity contribution in [3.05, 3.63) is 34.8 Å². The molecule has 1 aromatic carbocycles. The Labute approximate surface area is 122 Å². The maximum atomic E-state index is 11.6. The predicted molar refractivity (Wildman–Crippen MR) is 83.0 cm³/mol. The molecule has 0 aliphatic rings. The Bertz CT molecular complexity index is 682. The molecule has 3 N–H and O–H groups in total. The molecule has 1 unspecified atom stereocenters. The molecule has 0 spiro atoms. The van der Waals surface area contributed by atoms with Crippen molar-refractivity contribution in [1.29, 1.82) is 0 Å². The number of sulfone groups is 1. The third-order valence-electron chi connectivity index (χ3n) is 2.94. The number of para-hydroxylation sites is 1. The van der Waals surface area contributed by atoms with Crippen molar-refractivity contribution in [3.8, 4) is 0 Å². The number of benzene rings is 1. The normalized spacial score (nSPS) is 13.1. The highest BCUT2D eigenvalue weighted by Crippen LogP contribution is 2.27. The van der Waals surface area contributed by atoms with E-state index in [1.807, 2.05) is 5.38 Å². The van der Waals surface area contributed by atoms with Gasteiger partial charge in [0.25, 0.3) is 0 Å². The molecular weight excluding hydrogens is 294 g/mol. The Hall–Kier alpha value is -1.60. The van der Waals surface area contributed by atoms with E-state index >= 15 is 0 Å². The molecule has 0 saturated heterocycles. The van der Waals surface area contributed by atoms with Gasteiger partial charge in [0.05, 0.1) is 21.3 Å². The molecule has 0 radical (unpaired) electrons. The highest BCUT2D eigenvalue weighted by atomic mass is 32.2. The van der Waals surface area contributed by atoms with Gasteiger partial charge in [-0.3, -0.25) is 0 Å². The Morgan fingerprint density at radius 1 is 1.45 bits per heavy atom. The van der Waals surface area contributed by atoms with Crippen LogP contribution in [0.1, 0.15) is 17.8 Å². The second-order valence-electron chi connectivity index (χ2n) is 4.64. The fourth-order valence-corrected chi connectivity index (χ4v) is 3.38. The lowest BCUT2D eigenvalue weighted by molar-refractivity contribution is 0.602. The first-order valence-electron chi connectivity index (χ1n) is 6.11. The zero-order valence-electron chi connectivity index (χ0n) is 11.3. The zero-order chi connectivity index (χ0) is 14.8. The fraction of sp³-hybridized carbons (Fsp3) is 0.308. The van der Waals surface area contributed by atoms with E-state index in [-0.39, 0.29) is 16.5 Å². The second-order valence-corrected chi connectivity index (χ2v) is 7.55. The van der Waals surface area contributed by atoms with Gasteiger partial charge in [0.15, 0.2) is 9.84 Å². The van der Waals surface area contributed by atoms with Crippen LogP contribution >= 0.6 is 11.3 Å². The van der Waals surface area contributed by atoms with Crippen LogP contribution in [0.3, 0.4) is 0 Å². The summed E-state index contributed by atoms with van der Waals surface area (Å²) in [6, 6.07) is 4.97. The molecule has 2 aromatic rings. The Morgan fingerprint density at radius 3 is 2.80 bits per heavy atom. The summed E-state index contributed by atoms with van der Waals surface area (Å²) in [5.41, 5.74) is 6.82. The molecule has 5 nitrogen and oxygen atoms in total. The molecule has 7 heteroatoms. The first kappa shape index (κ1) is 14.8. The zero-order valence-corrected chi connectivity index (χ0v) is 13.0. The van der Waals surface area contributed by atoms with Crippen LogP contribution in [0, 0.1) is 0 Å². The number of thiazole rings is 1. The number of nitrogens with zero attached hydrogens (tertiary/aromatic N) is 1. The number of rotatable bonds is 5. The lowest BCUT2D eigenvalue weighted by Gasteiger charge is -2.14. The van der Waals surface area contributed by atoms with Crippen molar-refractivity contribution >= 4 is 32.5 Å². The van der Waals surface area contributed by atoms with Gasteiger partial charge < -0.3 is 11.1 Å².